The predicted octanol–water partition coefficient (Wildman–Crippen LogP) is -5.36. The van der Waals surface area contributed by atoms with Crippen LogP contribution in [0.2, 0.25) is 0 Å². The van der Waals surface area contributed by atoms with Crippen molar-refractivity contribution in [3.05, 3.63) is 10.5 Å². The maximum atomic E-state index is 13.1. The number of ether oxygens (including phenoxy) is 3. The molecule has 0 aromatic heterocycles. The van der Waals surface area contributed by atoms with E-state index in [4.69, 9.17) is 25.7 Å². The Morgan fingerprint density at radius 2 is 1.37 bits per heavy atom. The van der Waals surface area contributed by atoms with Crippen LogP contribution in [0.15, 0.2) is 10.5 Å². The van der Waals surface area contributed by atoms with E-state index in [-0.39, 0.29) is 37.5 Å². The number of nitrogens with two attached hydrogens (primary N) is 2. The van der Waals surface area contributed by atoms with Gasteiger partial charge in [0.05, 0.1) is 72.4 Å². The molecule has 0 unspecified atom stereocenters. The fraction of sp³-hybridized carbons (Fsp3) is 0.655. The van der Waals surface area contributed by atoms with Gasteiger partial charge in [0.25, 0.3) is 5.24 Å². The van der Waals surface area contributed by atoms with Gasteiger partial charge < -0.3 is 68.2 Å². The zero-order valence-electron chi connectivity index (χ0n) is 28.8. The summed E-state index contributed by atoms with van der Waals surface area (Å²) in [4.78, 5) is 100. The van der Waals surface area contributed by atoms with Gasteiger partial charge in [0, 0.05) is 19.5 Å². The number of likely N-dealkylation sites (N-methyl/N-ethyl adjacent to an activating group) is 1. The van der Waals surface area contributed by atoms with Crippen LogP contribution in [-0.4, -0.2) is 151 Å². The number of amides is 8. The molecule has 12 N–H and O–H groups in total. The quantitative estimate of drug-likeness (QED) is 0.0586. The molecule has 0 spiro atoms. The van der Waals surface area contributed by atoms with Crippen LogP contribution in [0, 0.1) is 0 Å². The Hall–Kier alpha value is -4.35. The highest BCUT2D eigenvalue weighted by Crippen LogP contribution is 2.28. The minimum absolute atomic E-state index is 0.101. The molecule has 21 nitrogen and oxygen atoms in total. The van der Waals surface area contributed by atoms with E-state index in [0.29, 0.717) is 43.8 Å². The summed E-state index contributed by atoms with van der Waals surface area (Å²) in [6.45, 7) is 1.86. The topological polar surface area (TPSA) is 313 Å². The van der Waals surface area contributed by atoms with Crippen LogP contribution in [0.25, 0.3) is 0 Å². The smallest absolute Gasteiger partial charge is 0.283 e. The van der Waals surface area contributed by atoms with Crippen molar-refractivity contribution >= 4 is 58.4 Å². The summed E-state index contributed by atoms with van der Waals surface area (Å²) in [5.74, 6) is -5.46. The Morgan fingerprint density at radius 1 is 0.804 bits per heavy atom. The molecule has 0 saturated heterocycles. The van der Waals surface area contributed by atoms with E-state index >= 15 is 0 Å². The molecule has 1 heterocycles. The SMILES string of the molecule is CNCCOCCOCCOCCNC(=O)S/C1=C(\C)C[C@H](NC(=O)CN)C(=O)NCC(=O)NCC(=O)NCC(=O)N[C@H](C(=O)NCC(N)=O)C1. The van der Waals surface area contributed by atoms with Gasteiger partial charge in [0.1, 0.15) is 12.1 Å². The minimum Gasteiger partial charge on any atom is -0.378 e. The molecule has 0 fully saturated rings. The summed E-state index contributed by atoms with van der Waals surface area (Å²) in [5.41, 5.74) is 10.9. The van der Waals surface area contributed by atoms with Gasteiger partial charge in [-0.25, -0.2) is 0 Å². The lowest BCUT2D eigenvalue weighted by Gasteiger charge is -2.23. The van der Waals surface area contributed by atoms with Crippen molar-refractivity contribution in [3.8, 4) is 0 Å². The molecule has 0 aromatic rings. The van der Waals surface area contributed by atoms with Crippen LogP contribution >= 0.6 is 11.8 Å². The van der Waals surface area contributed by atoms with Crippen LogP contribution in [0.5, 0.6) is 0 Å². The molecule has 288 valence electrons. The lowest BCUT2D eigenvalue weighted by atomic mass is 10.0. The first-order valence-electron chi connectivity index (χ1n) is 16.0. The second kappa shape index (κ2) is 26.5. The zero-order chi connectivity index (χ0) is 38.0. The lowest BCUT2D eigenvalue weighted by Crippen LogP contribution is -2.51. The van der Waals surface area contributed by atoms with Crippen molar-refractivity contribution in [3.63, 3.8) is 0 Å². The van der Waals surface area contributed by atoms with Crippen molar-refractivity contribution in [2.45, 2.75) is 31.8 Å². The van der Waals surface area contributed by atoms with E-state index in [1.54, 1.807) is 6.92 Å². The van der Waals surface area contributed by atoms with Gasteiger partial charge in [-0.3, -0.25) is 38.4 Å². The first kappa shape index (κ1) is 44.7. The average Bonchev–Trinajstić information content (AvgIpc) is 3.09. The molecule has 1 aliphatic rings. The summed E-state index contributed by atoms with van der Waals surface area (Å²) in [6.07, 6.45) is -0.526. The van der Waals surface area contributed by atoms with Crippen LogP contribution in [0.3, 0.4) is 0 Å². The van der Waals surface area contributed by atoms with E-state index in [1.807, 2.05) is 7.05 Å². The number of hydrogen-bond donors (Lipinski definition) is 10. The molecule has 22 heteroatoms. The minimum atomic E-state index is -1.39. The van der Waals surface area contributed by atoms with Crippen molar-refractivity contribution in [2.75, 3.05) is 92.5 Å². The Bertz CT molecular complexity index is 1240. The Labute approximate surface area is 299 Å². The maximum absolute atomic E-state index is 13.1. The van der Waals surface area contributed by atoms with Gasteiger partial charge in [-0.1, -0.05) is 5.57 Å². The molecule has 0 radical (unpaired) electrons. The third-order valence-electron chi connectivity index (χ3n) is 6.59. The van der Waals surface area contributed by atoms with Gasteiger partial charge in [0.15, 0.2) is 0 Å². The predicted molar refractivity (Wildman–Crippen MR) is 183 cm³/mol. The maximum Gasteiger partial charge on any atom is 0.283 e. The molecular weight excluding hydrogens is 696 g/mol. The second-order valence-electron chi connectivity index (χ2n) is 10.8. The van der Waals surface area contributed by atoms with E-state index in [9.17, 15) is 38.4 Å². The molecule has 0 aromatic carbocycles. The molecule has 1 aliphatic heterocycles. The van der Waals surface area contributed by atoms with Crippen molar-refractivity contribution in [1.82, 2.24) is 42.5 Å². The summed E-state index contributed by atoms with van der Waals surface area (Å²) in [7, 11) is 1.83. The highest BCUT2D eigenvalue weighted by atomic mass is 32.2. The fourth-order valence-electron chi connectivity index (χ4n) is 3.99. The number of primary amides is 1. The summed E-state index contributed by atoms with van der Waals surface area (Å²) >= 11 is 0.663. The second-order valence-corrected chi connectivity index (χ2v) is 11.8. The molecule has 2 atom stereocenters. The summed E-state index contributed by atoms with van der Waals surface area (Å²) in [6, 6.07) is -2.67. The largest absolute Gasteiger partial charge is 0.378 e. The molecular formula is C29H50N10O11S. The van der Waals surface area contributed by atoms with Gasteiger partial charge in [-0.05, 0) is 37.1 Å². The molecule has 51 heavy (non-hydrogen) atoms. The van der Waals surface area contributed by atoms with Crippen LogP contribution in [-0.2, 0) is 47.8 Å². The molecule has 0 bridgehead atoms. The van der Waals surface area contributed by atoms with Crippen molar-refractivity contribution < 1.29 is 52.6 Å². The lowest BCUT2D eigenvalue weighted by molar-refractivity contribution is -0.131. The third kappa shape index (κ3) is 21.5. The number of carbonyl (C=O) groups is 8. The Balaban J connectivity index is 3.16. The highest BCUT2D eigenvalue weighted by Gasteiger charge is 2.28. The summed E-state index contributed by atoms with van der Waals surface area (Å²) < 4.78 is 16.2. The van der Waals surface area contributed by atoms with Gasteiger partial charge in [-0.2, -0.15) is 0 Å². The van der Waals surface area contributed by atoms with E-state index in [0.717, 1.165) is 6.54 Å². The van der Waals surface area contributed by atoms with Crippen molar-refractivity contribution in [1.29, 1.82) is 0 Å². The number of nitrogens with one attached hydrogen (secondary N) is 8. The van der Waals surface area contributed by atoms with Gasteiger partial charge in [0.2, 0.25) is 41.4 Å². The van der Waals surface area contributed by atoms with E-state index in [2.05, 4.69) is 42.5 Å². The number of carbonyl (C=O) groups excluding carboxylic acids is 8. The van der Waals surface area contributed by atoms with Gasteiger partial charge in [-0.15, -0.1) is 0 Å². The molecule has 0 aliphatic carbocycles. The third-order valence-corrected chi connectivity index (χ3v) is 7.68. The van der Waals surface area contributed by atoms with E-state index < -0.39 is 91.4 Å². The monoisotopic (exact) mass is 746 g/mol. The average molecular weight is 747 g/mol. The number of rotatable bonds is 18. The number of hydrogen-bond acceptors (Lipinski definition) is 14. The first-order valence-corrected chi connectivity index (χ1v) is 16.9. The molecule has 8 amide bonds. The fourth-order valence-corrected chi connectivity index (χ4v) is 4.89. The highest BCUT2D eigenvalue weighted by molar-refractivity contribution is 8.16. The van der Waals surface area contributed by atoms with Crippen LogP contribution in [0.1, 0.15) is 19.8 Å². The molecule has 1 rings (SSSR count). The number of thioether (sulfide) groups is 1. The Morgan fingerprint density at radius 3 is 1.96 bits per heavy atom. The Kier molecular flexibility index (Phi) is 23.2. The molecule has 0 saturated carbocycles. The zero-order valence-corrected chi connectivity index (χ0v) is 29.6. The van der Waals surface area contributed by atoms with Crippen molar-refractivity contribution in [2.24, 2.45) is 11.5 Å². The van der Waals surface area contributed by atoms with E-state index in [1.165, 1.54) is 0 Å². The summed E-state index contributed by atoms with van der Waals surface area (Å²) in [5, 5.41) is 19.2. The van der Waals surface area contributed by atoms with Crippen LogP contribution in [0.4, 0.5) is 4.79 Å². The standard InChI is InChI=1S/C29H50N10O11S/c1-18-11-19(38-23(41)13-30)27(45)37-16-25(43)34-15-24(42)35-17-26(44)39-20(28(46)36-14-22(31)40)12-21(18)51-29(47)33-4-6-49-8-10-50-9-7-48-5-3-32-2/h19-20,32H,3-17,30H2,1-2H3,(H2,31,40)(H,33,47)(H,34,43)(H,35,42)(H,36,46)(H,37,45)(H,38,41)(H,39,44)/b21-18+/t19-,20-/m0/s1. The van der Waals surface area contributed by atoms with Crippen LogP contribution < -0.4 is 54.0 Å². The van der Waals surface area contributed by atoms with Gasteiger partial charge >= 0.3 is 0 Å². The first-order chi connectivity index (χ1) is 24.4. The normalized spacial score (nSPS) is 19.4.